The van der Waals surface area contributed by atoms with Gasteiger partial charge in [-0.1, -0.05) is 55.8 Å². The fraction of sp³-hybridized carbons (Fsp3) is 0.176. The van der Waals surface area contributed by atoms with Gasteiger partial charge in [-0.3, -0.25) is 0 Å². The van der Waals surface area contributed by atoms with Crippen molar-refractivity contribution in [3.63, 3.8) is 0 Å². The van der Waals surface area contributed by atoms with Gasteiger partial charge in [0.15, 0.2) is 5.82 Å². The molecule has 1 aromatic heterocycles. The fourth-order valence-electron chi connectivity index (χ4n) is 2.44. The van der Waals surface area contributed by atoms with Crippen molar-refractivity contribution in [3.8, 4) is 16.8 Å². The van der Waals surface area contributed by atoms with Gasteiger partial charge in [0, 0.05) is 5.92 Å². The first-order valence-electron chi connectivity index (χ1n) is 7.40. The highest BCUT2D eigenvalue weighted by atomic mass is 35.5. The highest BCUT2D eigenvalue weighted by Crippen LogP contribution is 2.32. The Morgan fingerprint density at radius 1 is 1.17 bits per heavy atom. The van der Waals surface area contributed by atoms with E-state index < -0.39 is 5.97 Å². The van der Waals surface area contributed by atoms with Crippen LogP contribution < -0.4 is 0 Å². The molecule has 24 heavy (non-hydrogen) atoms. The summed E-state index contributed by atoms with van der Waals surface area (Å²) in [4.78, 5) is 11.6. The van der Waals surface area contributed by atoms with Crippen molar-refractivity contribution >= 4 is 17.6 Å². The molecule has 1 N–H and O–H groups in total. The number of hydrogen-bond donors (Lipinski definition) is 1. The number of halogens is 1. The Morgan fingerprint density at radius 2 is 1.88 bits per heavy atom. The highest BCUT2D eigenvalue weighted by molar-refractivity contribution is 6.35. The van der Waals surface area contributed by atoms with Gasteiger partial charge in [0.05, 0.1) is 16.3 Å². The van der Waals surface area contributed by atoms with Gasteiger partial charge < -0.3 is 5.11 Å². The molecule has 0 saturated carbocycles. The molecule has 0 fully saturated rings. The molecular weight excluding hydrogens is 328 g/mol. The molecule has 0 aliphatic heterocycles. The quantitative estimate of drug-likeness (QED) is 0.779. The van der Waals surface area contributed by atoms with Crippen LogP contribution in [0.4, 0.5) is 0 Å². The van der Waals surface area contributed by atoms with E-state index in [0.717, 1.165) is 11.1 Å². The summed E-state index contributed by atoms with van der Waals surface area (Å²) in [7, 11) is 0. The second-order valence-corrected chi connectivity index (χ2v) is 6.01. The van der Waals surface area contributed by atoms with Crippen molar-refractivity contribution in [2.45, 2.75) is 19.8 Å². The van der Waals surface area contributed by atoms with Crippen LogP contribution in [0, 0.1) is 0 Å². The minimum atomic E-state index is -1.10. The van der Waals surface area contributed by atoms with Gasteiger partial charge in [0.2, 0.25) is 0 Å². The van der Waals surface area contributed by atoms with Crippen LogP contribution in [0.3, 0.4) is 0 Å². The van der Waals surface area contributed by atoms with Gasteiger partial charge in [-0.15, -0.1) is 5.10 Å². The first-order chi connectivity index (χ1) is 11.5. The maximum absolute atomic E-state index is 11.6. The van der Waals surface area contributed by atoms with Crippen LogP contribution in [0.15, 0.2) is 42.5 Å². The Labute approximate surface area is 143 Å². The molecule has 6 nitrogen and oxygen atoms in total. The van der Waals surface area contributed by atoms with Gasteiger partial charge in [-0.25, -0.2) is 4.79 Å². The highest BCUT2D eigenvalue weighted by Gasteiger charge is 2.20. The predicted molar refractivity (Wildman–Crippen MR) is 90.6 cm³/mol. The second-order valence-electron chi connectivity index (χ2n) is 5.63. The maximum atomic E-state index is 11.6. The number of rotatable bonds is 4. The number of tetrazole rings is 1. The summed E-state index contributed by atoms with van der Waals surface area (Å²) in [5.41, 5.74) is 2.08. The smallest absolute Gasteiger partial charge is 0.337 e. The number of hydrogen-bond acceptors (Lipinski definition) is 4. The minimum absolute atomic E-state index is 0.0122. The van der Waals surface area contributed by atoms with Gasteiger partial charge in [-0.05, 0) is 33.7 Å². The summed E-state index contributed by atoms with van der Waals surface area (Å²) in [6.45, 7) is 3.91. The third-order valence-corrected chi connectivity index (χ3v) is 4.03. The molecule has 0 atom stereocenters. The molecular formula is C17H15ClN4O2. The third kappa shape index (κ3) is 2.88. The molecule has 0 aliphatic rings. The van der Waals surface area contributed by atoms with Gasteiger partial charge in [0.1, 0.15) is 0 Å². The summed E-state index contributed by atoms with van der Waals surface area (Å²) < 4.78 is 1.49. The van der Waals surface area contributed by atoms with Crippen molar-refractivity contribution < 1.29 is 9.90 Å². The monoisotopic (exact) mass is 342 g/mol. The minimum Gasteiger partial charge on any atom is -0.478 e. The largest absolute Gasteiger partial charge is 0.478 e. The zero-order valence-electron chi connectivity index (χ0n) is 13.1. The lowest BCUT2D eigenvalue weighted by atomic mass is 10.0. The first kappa shape index (κ1) is 16.1. The van der Waals surface area contributed by atoms with E-state index >= 15 is 0 Å². The molecule has 1 heterocycles. The standard InChI is InChI=1S/C17H15ClN4O2/c1-10(2)16-19-20-21-22(16)14-9-12(11-6-4-3-5-7-11)8-13(15(14)18)17(23)24/h3-10H,1-2H3,(H,23,24). The average molecular weight is 343 g/mol. The SMILES string of the molecule is CC(C)c1nnnn1-c1cc(-c2ccccc2)cc(C(=O)O)c1Cl. The van der Waals surface area contributed by atoms with Crippen LogP contribution in [0.1, 0.15) is 35.9 Å². The lowest BCUT2D eigenvalue weighted by Gasteiger charge is -2.13. The van der Waals surface area contributed by atoms with E-state index in [0.29, 0.717) is 11.5 Å². The Bertz CT molecular complexity index is 891. The molecule has 122 valence electrons. The van der Waals surface area contributed by atoms with Crippen molar-refractivity contribution in [1.82, 2.24) is 20.2 Å². The summed E-state index contributed by atoms with van der Waals surface area (Å²) in [5, 5.41) is 21.3. The zero-order chi connectivity index (χ0) is 17.3. The number of aromatic carboxylic acids is 1. The van der Waals surface area contributed by atoms with E-state index in [2.05, 4.69) is 15.5 Å². The number of carboxylic acids is 1. The molecule has 0 radical (unpaired) electrons. The van der Waals surface area contributed by atoms with Crippen LogP contribution in [0.25, 0.3) is 16.8 Å². The van der Waals surface area contributed by atoms with Gasteiger partial charge in [0.25, 0.3) is 0 Å². The Morgan fingerprint density at radius 3 is 2.50 bits per heavy atom. The first-order valence-corrected chi connectivity index (χ1v) is 7.77. The lowest BCUT2D eigenvalue weighted by Crippen LogP contribution is -2.08. The summed E-state index contributed by atoms with van der Waals surface area (Å²) >= 11 is 6.33. The Balaban J connectivity index is 2.27. The summed E-state index contributed by atoms with van der Waals surface area (Å²) in [6.07, 6.45) is 0. The van der Waals surface area contributed by atoms with Crippen molar-refractivity contribution in [3.05, 3.63) is 58.9 Å². The number of aromatic nitrogens is 4. The zero-order valence-corrected chi connectivity index (χ0v) is 13.9. The molecule has 0 unspecified atom stereocenters. The van der Waals surface area contributed by atoms with Crippen molar-refractivity contribution in [2.75, 3.05) is 0 Å². The van der Waals surface area contributed by atoms with Gasteiger partial charge in [-0.2, -0.15) is 4.68 Å². The molecule has 3 aromatic rings. The van der Waals surface area contributed by atoms with E-state index in [-0.39, 0.29) is 16.5 Å². The number of carboxylic acid groups (broad SMARTS) is 1. The average Bonchev–Trinajstić information content (AvgIpc) is 3.05. The molecule has 0 aliphatic carbocycles. The third-order valence-electron chi connectivity index (χ3n) is 3.63. The van der Waals surface area contributed by atoms with Crippen LogP contribution in [-0.2, 0) is 0 Å². The van der Waals surface area contributed by atoms with Crippen molar-refractivity contribution in [2.24, 2.45) is 0 Å². The van der Waals surface area contributed by atoms with E-state index in [4.69, 9.17) is 11.6 Å². The Kier molecular flexibility index (Phi) is 4.31. The topological polar surface area (TPSA) is 80.9 Å². The molecule has 0 spiro atoms. The van der Waals surface area contributed by atoms with E-state index in [1.807, 2.05) is 44.2 Å². The second kappa shape index (κ2) is 6.41. The van der Waals surface area contributed by atoms with E-state index in [9.17, 15) is 9.90 Å². The van der Waals surface area contributed by atoms with E-state index in [1.165, 1.54) is 4.68 Å². The number of carbonyl (C=O) groups is 1. The molecule has 3 rings (SSSR count). The molecule has 2 aromatic carbocycles. The van der Waals surface area contributed by atoms with Crippen LogP contribution >= 0.6 is 11.6 Å². The lowest BCUT2D eigenvalue weighted by molar-refractivity contribution is 0.0697. The number of benzene rings is 2. The molecule has 0 saturated heterocycles. The predicted octanol–water partition coefficient (Wildman–Crippen LogP) is 3.80. The molecule has 0 amide bonds. The normalized spacial score (nSPS) is 11.0. The van der Waals surface area contributed by atoms with E-state index in [1.54, 1.807) is 12.1 Å². The Hall–Kier alpha value is -2.73. The summed E-state index contributed by atoms with van der Waals surface area (Å²) in [5.74, 6) is -0.429. The van der Waals surface area contributed by atoms with Gasteiger partial charge >= 0.3 is 5.97 Å². The van der Waals surface area contributed by atoms with Crippen LogP contribution in [0.2, 0.25) is 5.02 Å². The molecule has 7 heteroatoms. The fourth-order valence-corrected chi connectivity index (χ4v) is 2.71. The maximum Gasteiger partial charge on any atom is 0.337 e. The van der Waals surface area contributed by atoms with Crippen LogP contribution in [0.5, 0.6) is 0 Å². The van der Waals surface area contributed by atoms with Crippen molar-refractivity contribution in [1.29, 1.82) is 0 Å². The summed E-state index contributed by atoms with van der Waals surface area (Å²) in [6, 6.07) is 12.8. The number of nitrogens with zero attached hydrogens (tertiary/aromatic N) is 4. The van der Waals surface area contributed by atoms with Crippen LogP contribution in [-0.4, -0.2) is 31.3 Å². The molecule has 0 bridgehead atoms.